The van der Waals surface area contributed by atoms with Crippen LogP contribution in [0.4, 0.5) is 0 Å². The highest BCUT2D eigenvalue weighted by atomic mass is 35.5. The van der Waals surface area contributed by atoms with E-state index >= 15 is 0 Å². The first-order valence-corrected chi connectivity index (χ1v) is 6.74. The van der Waals surface area contributed by atoms with Crippen LogP contribution in [0.5, 0.6) is 5.75 Å². The second-order valence-corrected chi connectivity index (χ2v) is 5.67. The Balaban J connectivity index is 2.96. The van der Waals surface area contributed by atoms with Gasteiger partial charge < -0.3 is 9.84 Å². The van der Waals surface area contributed by atoms with Crippen molar-refractivity contribution < 1.29 is 18.3 Å². The summed E-state index contributed by atoms with van der Waals surface area (Å²) in [5.41, 5.74) is 0. The molecule has 0 heterocycles. The molecule has 0 unspecified atom stereocenters. The highest BCUT2D eigenvalue weighted by molar-refractivity contribution is 7.89. The molecule has 1 aromatic carbocycles. The molecule has 7 heteroatoms. The summed E-state index contributed by atoms with van der Waals surface area (Å²) in [5, 5.41) is 9.24. The van der Waals surface area contributed by atoms with E-state index in [1.165, 1.54) is 32.2 Å². The molecule has 2 N–H and O–H groups in total. The Kier molecular flexibility index (Phi) is 4.76. The topological polar surface area (TPSA) is 75.6 Å². The number of ether oxygens (including phenoxy) is 1. The van der Waals surface area contributed by atoms with Crippen LogP contribution < -0.4 is 9.46 Å². The molecule has 5 nitrogen and oxygen atoms in total. The average Bonchev–Trinajstić information content (AvgIpc) is 2.26. The highest BCUT2D eigenvalue weighted by Crippen LogP contribution is 2.26. The number of sulfonamides is 1. The van der Waals surface area contributed by atoms with Crippen LogP contribution in [0.2, 0.25) is 5.02 Å². The van der Waals surface area contributed by atoms with E-state index in [0.717, 1.165) is 0 Å². The molecule has 0 saturated heterocycles. The largest absolute Gasteiger partial charge is 0.495 e. The maximum Gasteiger partial charge on any atom is 0.240 e. The fourth-order valence-corrected chi connectivity index (χ4v) is 2.60. The molecule has 17 heavy (non-hydrogen) atoms. The number of rotatable bonds is 5. The van der Waals surface area contributed by atoms with Crippen molar-refractivity contribution in [2.24, 2.45) is 0 Å². The second kappa shape index (κ2) is 5.68. The first kappa shape index (κ1) is 14.2. The van der Waals surface area contributed by atoms with Gasteiger partial charge >= 0.3 is 0 Å². The molecule has 0 spiro atoms. The third-order valence-electron chi connectivity index (χ3n) is 2.00. The summed E-state index contributed by atoms with van der Waals surface area (Å²) in [6.07, 6.45) is -0.751. The lowest BCUT2D eigenvalue weighted by Gasteiger charge is -2.09. The summed E-state index contributed by atoms with van der Waals surface area (Å²) in [6.45, 7) is 1.44. The molecule has 0 saturated carbocycles. The molecule has 0 aliphatic heterocycles. The smallest absolute Gasteiger partial charge is 0.240 e. The monoisotopic (exact) mass is 279 g/mol. The van der Waals surface area contributed by atoms with Crippen molar-refractivity contribution in [2.75, 3.05) is 13.7 Å². The summed E-state index contributed by atoms with van der Waals surface area (Å²) in [5.74, 6) is 0.404. The van der Waals surface area contributed by atoms with E-state index in [0.29, 0.717) is 5.75 Å². The predicted octanol–water partition coefficient (Wildman–Crippen LogP) is 1.01. The summed E-state index contributed by atoms with van der Waals surface area (Å²) >= 11 is 5.83. The van der Waals surface area contributed by atoms with E-state index in [2.05, 4.69) is 4.72 Å². The van der Waals surface area contributed by atoms with Crippen LogP contribution >= 0.6 is 11.6 Å². The minimum Gasteiger partial charge on any atom is -0.495 e. The third kappa shape index (κ3) is 3.85. The number of benzene rings is 1. The molecule has 0 bridgehead atoms. The summed E-state index contributed by atoms with van der Waals surface area (Å²) < 4.78 is 30.7. The van der Waals surface area contributed by atoms with Crippen molar-refractivity contribution in [3.8, 4) is 5.75 Å². The van der Waals surface area contributed by atoms with Gasteiger partial charge in [-0.25, -0.2) is 13.1 Å². The van der Waals surface area contributed by atoms with Gasteiger partial charge in [-0.1, -0.05) is 11.6 Å². The molecular weight excluding hydrogens is 266 g/mol. The number of aliphatic hydroxyl groups is 1. The number of methoxy groups -OCH3 is 1. The zero-order valence-corrected chi connectivity index (χ0v) is 11.0. The van der Waals surface area contributed by atoms with Crippen LogP contribution in [0.3, 0.4) is 0 Å². The van der Waals surface area contributed by atoms with Crippen molar-refractivity contribution in [3.63, 3.8) is 0 Å². The van der Waals surface area contributed by atoms with Gasteiger partial charge in [0.1, 0.15) is 5.75 Å². The van der Waals surface area contributed by atoms with Crippen LogP contribution in [-0.2, 0) is 10.0 Å². The molecule has 0 fully saturated rings. The van der Waals surface area contributed by atoms with Gasteiger partial charge in [0.25, 0.3) is 0 Å². The minimum absolute atomic E-state index is 0.0314. The van der Waals surface area contributed by atoms with E-state index in [4.69, 9.17) is 21.4 Å². The van der Waals surface area contributed by atoms with Gasteiger partial charge in [-0.15, -0.1) is 0 Å². The molecule has 1 aromatic rings. The van der Waals surface area contributed by atoms with Crippen molar-refractivity contribution in [3.05, 3.63) is 23.2 Å². The maximum absolute atomic E-state index is 11.8. The van der Waals surface area contributed by atoms with E-state index < -0.39 is 16.1 Å². The van der Waals surface area contributed by atoms with E-state index in [9.17, 15) is 8.42 Å². The molecule has 0 aliphatic carbocycles. The maximum atomic E-state index is 11.8. The molecule has 0 radical (unpaired) electrons. The SMILES string of the molecule is COc1ccc(S(=O)(=O)NC[C@@H](C)O)cc1Cl. The van der Waals surface area contributed by atoms with Crippen molar-refractivity contribution in [1.82, 2.24) is 4.72 Å². The van der Waals surface area contributed by atoms with E-state index in [1.54, 1.807) is 0 Å². The zero-order chi connectivity index (χ0) is 13.1. The minimum atomic E-state index is -3.65. The Morgan fingerprint density at radius 1 is 1.53 bits per heavy atom. The predicted molar refractivity (Wildman–Crippen MR) is 64.9 cm³/mol. The zero-order valence-electron chi connectivity index (χ0n) is 9.47. The molecular formula is C10H14ClNO4S. The average molecular weight is 280 g/mol. The second-order valence-electron chi connectivity index (χ2n) is 3.50. The number of hydrogen-bond donors (Lipinski definition) is 2. The molecule has 1 atom stereocenters. The summed E-state index contributed by atoms with van der Waals surface area (Å²) in [7, 11) is -2.21. The van der Waals surface area contributed by atoms with Crippen LogP contribution in [-0.4, -0.2) is 33.3 Å². The van der Waals surface area contributed by atoms with Crippen molar-refractivity contribution >= 4 is 21.6 Å². The summed E-state index contributed by atoms with van der Waals surface area (Å²) in [6, 6.07) is 4.15. The lowest BCUT2D eigenvalue weighted by atomic mass is 10.3. The van der Waals surface area contributed by atoms with Gasteiger partial charge in [-0.3, -0.25) is 0 Å². The first-order valence-electron chi connectivity index (χ1n) is 4.88. The van der Waals surface area contributed by atoms with Gasteiger partial charge in [0.15, 0.2) is 0 Å². The van der Waals surface area contributed by atoms with Crippen LogP contribution in [0.25, 0.3) is 0 Å². The number of halogens is 1. The Bertz CT molecular complexity index is 487. The number of aliphatic hydroxyl groups excluding tert-OH is 1. The quantitative estimate of drug-likeness (QED) is 0.843. The van der Waals surface area contributed by atoms with Crippen LogP contribution in [0.1, 0.15) is 6.92 Å². The van der Waals surface area contributed by atoms with Gasteiger partial charge in [-0.05, 0) is 25.1 Å². The van der Waals surface area contributed by atoms with Gasteiger partial charge in [0.05, 0.1) is 23.1 Å². The van der Waals surface area contributed by atoms with Gasteiger partial charge in [0.2, 0.25) is 10.0 Å². The molecule has 0 amide bonds. The molecule has 0 aliphatic rings. The Hall–Kier alpha value is -0.820. The van der Waals surface area contributed by atoms with E-state index in [-0.39, 0.29) is 16.5 Å². The normalized spacial score (nSPS) is 13.4. The Morgan fingerprint density at radius 3 is 2.65 bits per heavy atom. The summed E-state index contributed by atoms with van der Waals surface area (Å²) in [4.78, 5) is 0.0314. The molecule has 96 valence electrons. The highest BCUT2D eigenvalue weighted by Gasteiger charge is 2.16. The van der Waals surface area contributed by atoms with E-state index in [1.807, 2.05) is 0 Å². The fourth-order valence-electron chi connectivity index (χ4n) is 1.13. The number of nitrogens with one attached hydrogen (secondary N) is 1. The van der Waals surface area contributed by atoms with Crippen LogP contribution in [0, 0.1) is 0 Å². The lowest BCUT2D eigenvalue weighted by Crippen LogP contribution is -2.30. The standard InChI is InChI=1S/C10H14ClNO4S/c1-7(13)6-12-17(14,15)8-3-4-10(16-2)9(11)5-8/h3-5,7,12-13H,6H2,1-2H3/t7-/m1/s1. The first-order chi connectivity index (χ1) is 7.86. The van der Waals surface area contributed by atoms with Crippen LogP contribution in [0.15, 0.2) is 23.1 Å². The Morgan fingerprint density at radius 2 is 2.18 bits per heavy atom. The molecule has 1 rings (SSSR count). The lowest BCUT2D eigenvalue weighted by molar-refractivity contribution is 0.198. The van der Waals surface area contributed by atoms with Crippen molar-refractivity contribution in [1.29, 1.82) is 0 Å². The van der Waals surface area contributed by atoms with Crippen molar-refractivity contribution in [2.45, 2.75) is 17.9 Å². The molecule has 0 aromatic heterocycles. The third-order valence-corrected chi connectivity index (χ3v) is 3.72. The number of hydrogen-bond acceptors (Lipinski definition) is 4. The van der Waals surface area contributed by atoms with Gasteiger partial charge in [0, 0.05) is 6.54 Å². The Labute approximate surface area is 105 Å². The van der Waals surface area contributed by atoms with Gasteiger partial charge in [-0.2, -0.15) is 0 Å². The fraction of sp³-hybridized carbons (Fsp3) is 0.400.